The number of hydrogen-bond acceptors (Lipinski definition) is 5. The average molecular weight is 1080 g/mol. The van der Waals surface area contributed by atoms with E-state index in [4.69, 9.17) is 29.5 Å². The Kier molecular flexibility index (Phi) is 9.75. The van der Waals surface area contributed by atoms with Gasteiger partial charge in [0.2, 0.25) is 0 Å². The molecule has 0 N–H and O–H groups in total. The zero-order chi connectivity index (χ0) is 69.1. The van der Waals surface area contributed by atoms with E-state index in [0.717, 1.165) is 38.5 Å². The first kappa shape index (κ1) is 37.3. The van der Waals surface area contributed by atoms with E-state index in [-0.39, 0.29) is 64.1 Å². The summed E-state index contributed by atoms with van der Waals surface area (Å²) in [6, 6.07) is 40.4. The number of ether oxygens (including phenoxy) is 2. The molecule has 0 saturated heterocycles. The largest absolute Gasteiger partial charge is 0.457 e. The summed E-state index contributed by atoms with van der Waals surface area (Å²) in [5.74, 6) is 2.46. The summed E-state index contributed by atoms with van der Waals surface area (Å²) in [7, 11) is 0. The molecule has 0 saturated carbocycles. The van der Waals surface area contributed by atoms with Crippen molar-refractivity contribution >= 4 is 44.6 Å². The van der Waals surface area contributed by atoms with Gasteiger partial charge in [0.15, 0.2) is 0 Å². The van der Waals surface area contributed by atoms with Crippen molar-refractivity contribution in [2.45, 2.75) is 65.7 Å². The standard InChI is InChI=1S/C76H66N4O2/c1-50(2)55-41-56(51(3)4)43-57(42-55)64-33-22-32-63(52-23-11-8-12-24-52)75(64)82-62-39-40-77-73(48-62)80-69-34-18-17-31-65(69)66-38-37-61(47-72(66)80)81-60-30-21-29-59(46-60)78-49-79(71-36-20-19-35-70(71)78)74-67(53-25-13-9-14-26-53)44-58(76(5,6)7)45-68(74)54-27-15-10-16-28-54/h8-48,50-51H,49H2,1-7H3/i8D,9D,10D,11D,12D,13D,14D,15D,16D,23D,24D,25D,26D,27D,28D. The molecule has 6 heteroatoms. The molecular weight excluding hydrogens is 1000 g/mol. The summed E-state index contributed by atoms with van der Waals surface area (Å²) < 4.78 is 150. The number of nitrogens with zero attached hydrogens (tertiary/aromatic N) is 4. The third-order valence-corrected chi connectivity index (χ3v) is 15.1. The molecule has 6 nitrogen and oxygen atoms in total. The van der Waals surface area contributed by atoms with E-state index in [1.807, 2.05) is 144 Å². The third-order valence-electron chi connectivity index (χ3n) is 15.1. The number of para-hydroxylation sites is 4. The zero-order valence-electron chi connectivity index (χ0n) is 61.5. The van der Waals surface area contributed by atoms with Gasteiger partial charge in [-0.3, -0.25) is 4.57 Å². The predicted molar refractivity (Wildman–Crippen MR) is 342 cm³/mol. The van der Waals surface area contributed by atoms with Crippen molar-refractivity contribution in [3.63, 3.8) is 0 Å². The van der Waals surface area contributed by atoms with Gasteiger partial charge in [-0.25, -0.2) is 4.98 Å². The summed E-state index contributed by atoms with van der Waals surface area (Å²) in [6.45, 7) is 14.4. The molecule has 13 rings (SSSR count). The molecule has 3 heterocycles. The van der Waals surface area contributed by atoms with Gasteiger partial charge in [0.25, 0.3) is 0 Å². The molecule has 12 aromatic rings. The highest BCUT2D eigenvalue weighted by molar-refractivity contribution is 6.09. The van der Waals surface area contributed by atoms with Crippen LogP contribution in [0.5, 0.6) is 23.0 Å². The van der Waals surface area contributed by atoms with Crippen LogP contribution in [-0.2, 0) is 5.41 Å². The van der Waals surface area contributed by atoms with E-state index in [0.29, 0.717) is 62.6 Å². The Balaban J connectivity index is 0.910. The Morgan fingerprint density at radius 3 is 1.65 bits per heavy atom. The predicted octanol–water partition coefficient (Wildman–Crippen LogP) is 21.2. The van der Waals surface area contributed by atoms with Gasteiger partial charge in [-0.2, -0.15) is 0 Å². The molecule has 0 fully saturated rings. The number of rotatable bonds is 13. The molecule has 0 aliphatic carbocycles. The van der Waals surface area contributed by atoms with Gasteiger partial charge in [-0.1, -0.05) is 212 Å². The maximum Gasteiger partial charge on any atom is 0.143 e. The van der Waals surface area contributed by atoms with Crippen LogP contribution < -0.4 is 19.3 Å². The molecule has 0 atom stereocenters. The van der Waals surface area contributed by atoms with Crippen LogP contribution in [-0.4, -0.2) is 16.2 Å². The van der Waals surface area contributed by atoms with Crippen molar-refractivity contribution in [1.29, 1.82) is 0 Å². The molecular formula is C76H66N4O2. The molecule has 0 bridgehead atoms. The van der Waals surface area contributed by atoms with Crippen LogP contribution >= 0.6 is 0 Å². The van der Waals surface area contributed by atoms with E-state index >= 15 is 0 Å². The van der Waals surface area contributed by atoms with Crippen molar-refractivity contribution in [1.82, 2.24) is 9.55 Å². The van der Waals surface area contributed by atoms with Gasteiger partial charge in [0.05, 0.1) is 48.7 Å². The zero-order valence-corrected chi connectivity index (χ0v) is 46.5. The van der Waals surface area contributed by atoms with Crippen LogP contribution in [0.15, 0.2) is 248 Å². The Labute approximate surface area is 503 Å². The van der Waals surface area contributed by atoms with Crippen molar-refractivity contribution in [2.24, 2.45) is 0 Å². The number of hydrogen-bond donors (Lipinski definition) is 0. The maximum absolute atomic E-state index is 9.34. The lowest BCUT2D eigenvalue weighted by molar-refractivity contribution is 0.483. The maximum atomic E-state index is 9.34. The van der Waals surface area contributed by atoms with Crippen LogP contribution in [0.1, 0.15) is 97.6 Å². The fourth-order valence-corrected chi connectivity index (χ4v) is 10.9. The molecule has 0 spiro atoms. The van der Waals surface area contributed by atoms with E-state index < -0.39 is 84.0 Å². The lowest BCUT2D eigenvalue weighted by atomic mass is 9.82. The summed E-state index contributed by atoms with van der Waals surface area (Å²) >= 11 is 0. The average Bonchev–Trinajstić information content (AvgIpc) is 1.70. The van der Waals surface area contributed by atoms with E-state index in [2.05, 4.69) is 45.9 Å². The minimum absolute atomic E-state index is 0.00358. The smallest absolute Gasteiger partial charge is 0.143 e. The van der Waals surface area contributed by atoms with Gasteiger partial charge >= 0.3 is 0 Å². The molecule has 2 aromatic heterocycles. The quantitative estimate of drug-likeness (QED) is 0.115. The normalized spacial score (nSPS) is 15.0. The van der Waals surface area contributed by atoms with Crippen LogP contribution in [0.3, 0.4) is 0 Å². The SMILES string of the molecule is [2H]c1c([2H])c([2H])c(-c2cccc(-c3cc(C(C)C)cc(C(C)C)c3)c2Oc2ccnc(-n3c4ccccc4c4ccc(Oc5cccc(N6CN(c7c(-c8c([2H])c([2H])c([2H])c([2H])c8[2H])cc(C(C)(C)C)cc7-c7c([2H])c([2H])c([2H])c([2H])c7[2H])c7ccccc76)c5)cc43)c2)c([2H])c1[2H]. The second-order valence-corrected chi connectivity index (χ2v) is 22.1. The topological polar surface area (TPSA) is 42.8 Å². The number of pyridine rings is 1. The molecule has 10 aromatic carbocycles. The summed E-state index contributed by atoms with van der Waals surface area (Å²) in [6.07, 6.45) is 1.64. The number of benzene rings is 10. The first-order valence-electron chi connectivity index (χ1n) is 34.9. The van der Waals surface area contributed by atoms with Gasteiger partial charge in [0.1, 0.15) is 35.5 Å². The number of fused-ring (bicyclic) bond motifs is 4. The Morgan fingerprint density at radius 2 is 1.01 bits per heavy atom. The minimum atomic E-state index is -0.654. The number of anilines is 4. The third kappa shape index (κ3) is 9.85. The molecule has 82 heavy (non-hydrogen) atoms. The van der Waals surface area contributed by atoms with Gasteiger partial charge in [-0.05, 0) is 117 Å². The van der Waals surface area contributed by atoms with Crippen molar-refractivity contribution in [2.75, 3.05) is 16.5 Å². The van der Waals surface area contributed by atoms with Gasteiger partial charge < -0.3 is 19.3 Å². The Morgan fingerprint density at radius 1 is 0.463 bits per heavy atom. The number of aromatic nitrogens is 2. The van der Waals surface area contributed by atoms with Gasteiger partial charge in [0, 0.05) is 63.1 Å². The minimum Gasteiger partial charge on any atom is -0.457 e. The molecule has 0 unspecified atom stereocenters. The van der Waals surface area contributed by atoms with Crippen LogP contribution in [0, 0.1) is 0 Å². The highest BCUT2D eigenvalue weighted by atomic mass is 16.5. The summed E-state index contributed by atoms with van der Waals surface area (Å²) in [4.78, 5) is 8.86. The molecule has 1 aliphatic rings. The highest BCUT2D eigenvalue weighted by Crippen LogP contribution is 2.52. The molecule has 0 amide bonds. The molecule has 0 radical (unpaired) electrons. The first-order chi connectivity index (χ1) is 46.1. The highest BCUT2D eigenvalue weighted by Gasteiger charge is 2.33. The second kappa shape index (κ2) is 21.4. The summed E-state index contributed by atoms with van der Waals surface area (Å²) in [5.41, 5.74) is 8.04. The van der Waals surface area contributed by atoms with Crippen molar-refractivity contribution in [3.05, 3.63) is 265 Å². The van der Waals surface area contributed by atoms with E-state index in [9.17, 15) is 5.48 Å². The van der Waals surface area contributed by atoms with Crippen LogP contribution in [0.25, 0.3) is 72.1 Å². The fraction of sp³-hybridized carbons (Fsp3) is 0.145. The van der Waals surface area contributed by atoms with Crippen LogP contribution in [0.2, 0.25) is 0 Å². The Hall–Kier alpha value is -9.65. The first-order valence-corrected chi connectivity index (χ1v) is 27.4. The summed E-state index contributed by atoms with van der Waals surface area (Å²) in [5, 5.41) is 1.84. The van der Waals surface area contributed by atoms with Crippen LogP contribution in [0.4, 0.5) is 22.7 Å². The monoisotopic (exact) mass is 1080 g/mol. The lowest BCUT2D eigenvalue weighted by Gasteiger charge is -2.30. The Bertz CT molecular complexity index is 5050. The van der Waals surface area contributed by atoms with E-state index in [1.165, 1.54) is 0 Å². The van der Waals surface area contributed by atoms with Crippen molar-refractivity contribution in [3.8, 4) is 73.3 Å². The molecule has 1 aliphatic heterocycles. The van der Waals surface area contributed by atoms with Crippen molar-refractivity contribution < 1.29 is 30.0 Å². The van der Waals surface area contributed by atoms with E-state index in [1.54, 1.807) is 30.5 Å². The van der Waals surface area contributed by atoms with Gasteiger partial charge in [-0.15, -0.1) is 0 Å². The lowest BCUT2D eigenvalue weighted by Crippen LogP contribution is -2.25. The fourth-order valence-electron chi connectivity index (χ4n) is 10.9. The molecule has 402 valence electrons. The second-order valence-electron chi connectivity index (χ2n) is 22.1.